The Labute approximate surface area is 67.3 Å². The van der Waals surface area contributed by atoms with Crippen molar-refractivity contribution in [3.05, 3.63) is 0 Å². The molecule has 0 aliphatic heterocycles. The molecule has 0 aromatic heterocycles. The average Bonchev–Trinajstić information content (AvgIpc) is 1.86. The molecule has 0 bridgehead atoms. The van der Waals surface area contributed by atoms with E-state index < -0.39 is 11.4 Å². The van der Waals surface area contributed by atoms with Crippen LogP contribution in [0.2, 0.25) is 0 Å². The molecule has 0 spiro atoms. The zero-order valence-electron chi connectivity index (χ0n) is 5.37. The van der Waals surface area contributed by atoms with Crippen molar-refractivity contribution < 1.29 is 18.3 Å². The van der Waals surface area contributed by atoms with E-state index in [0.29, 0.717) is 11.7 Å². The lowest BCUT2D eigenvalue weighted by molar-refractivity contribution is 0.198. The van der Waals surface area contributed by atoms with E-state index in [1.165, 1.54) is 7.11 Å². The number of carbonyl (C=O) groups is 1. The molecule has 1 atom stereocenters. The molecule has 0 rings (SSSR count). The second-order valence-corrected chi connectivity index (χ2v) is 7.02. The van der Waals surface area contributed by atoms with Crippen molar-refractivity contribution in [2.24, 2.45) is 0 Å². The Morgan fingerprint density at radius 3 is 2.40 bits per heavy atom. The second kappa shape index (κ2) is 4.23. The van der Waals surface area contributed by atoms with E-state index in [1.54, 1.807) is 0 Å². The fraction of sp³-hybridized carbons (Fsp3) is 0.667. The number of halogens is 1. The highest BCUT2D eigenvalue weighted by atomic mass is 35.7. The molecule has 10 heavy (non-hydrogen) atoms. The molecule has 0 N–H and O–H groups in total. The van der Waals surface area contributed by atoms with Crippen LogP contribution in [0, 0.1) is 0 Å². The van der Waals surface area contributed by atoms with Crippen LogP contribution < -0.4 is 0 Å². The van der Waals surface area contributed by atoms with E-state index in [4.69, 9.17) is 11.2 Å². The highest BCUT2D eigenvalue weighted by molar-refractivity contribution is 8.68. The first-order valence-electron chi connectivity index (χ1n) is 2.15. The Hall–Kier alpha value is 0.300. The minimum absolute atomic E-state index is 0.413. The second-order valence-electron chi connectivity index (χ2n) is 1.19. The van der Waals surface area contributed by atoms with Gasteiger partial charge in [0.1, 0.15) is 0 Å². The Balaban J connectivity index is 4.11. The van der Waals surface area contributed by atoms with Gasteiger partial charge in [0, 0.05) is 0 Å². The lowest BCUT2D eigenvalue weighted by Gasteiger charge is -2.02. The summed E-state index contributed by atoms with van der Waals surface area (Å²) in [5.41, 5.74) is -4.44. The van der Waals surface area contributed by atoms with Gasteiger partial charge in [0.15, 0.2) is 0 Å². The van der Waals surface area contributed by atoms with Gasteiger partial charge >= 0.3 is 11.4 Å². The summed E-state index contributed by atoms with van der Waals surface area (Å²) in [7, 11) is 2.37. The molecule has 0 aromatic carbocycles. The molecular formula is C3H6ClO4PS. The maximum Gasteiger partial charge on any atom is 0.391 e. The van der Waals surface area contributed by atoms with Crippen LogP contribution in [0.15, 0.2) is 0 Å². The Bertz CT molecular complexity index is 172. The van der Waals surface area contributed by atoms with Gasteiger partial charge in [0.25, 0.3) is 0 Å². The summed E-state index contributed by atoms with van der Waals surface area (Å²) in [6, 6.07) is 0. The van der Waals surface area contributed by atoms with Gasteiger partial charge in [-0.15, -0.1) is 0 Å². The van der Waals surface area contributed by atoms with Crippen molar-refractivity contribution >= 4 is 34.3 Å². The van der Waals surface area contributed by atoms with Crippen molar-refractivity contribution in [3.8, 4) is 0 Å². The predicted molar refractivity (Wildman–Crippen MR) is 40.5 cm³/mol. The Morgan fingerprint density at radius 2 is 2.10 bits per heavy atom. The fourth-order valence-corrected chi connectivity index (χ4v) is 2.40. The summed E-state index contributed by atoms with van der Waals surface area (Å²) in [6.45, 7) is 0. The molecule has 0 saturated heterocycles. The van der Waals surface area contributed by atoms with Crippen LogP contribution in [0.4, 0.5) is 4.79 Å². The van der Waals surface area contributed by atoms with E-state index in [1.807, 2.05) is 0 Å². The van der Waals surface area contributed by atoms with Crippen molar-refractivity contribution in [2.45, 2.75) is 0 Å². The summed E-state index contributed by atoms with van der Waals surface area (Å²) in [6.07, 6.45) is 0. The molecule has 4 nitrogen and oxygen atoms in total. The van der Waals surface area contributed by atoms with Gasteiger partial charge in [-0.1, -0.05) is 0 Å². The van der Waals surface area contributed by atoms with Crippen molar-refractivity contribution in [1.82, 2.24) is 0 Å². The lowest BCUT2D eigenvalue weighted by Crippen LogP contribution is -1.92. The normalized spacial score (nSPS) is 15.9. The van der Waals surface area contributed by atoms with E-state index >= 15 is 0 Å². The smallest absolute Gasteiger partial charge is 0.391 e. The molecule has 0 amide bonds. The average molecular weight is 205 g/mol. The van der Waals surface area contributed by atoms with Gasteiger partial charge in [0.05, 0.1) is 25.9 Å². The zero-order valence-corrected chi connectivity index (χ0v) is 7.83. The molecule has 0 aliphatic carbocycles. The first kappa shape index (κ1) is 10.3. The first-order chi connectivity index (χ1) is 4.54. The summed E-state index contributed by atoms with van der Waals surface area (Å²) >= 11 is 5.62. The SMILES string of the molecule is COSP(=O)(Cl)C(=O)OC. The number of methoxy groups -OCH3 is 1. The Morgan fingerprint density at radius 1 is 1.60 bits per heavy atom. The molecule has 0 heterocycles. The van der Waals surface area contributed by atoms with E-state index in [0.717, 1.165) is 7.11 Å². The molecule has 0 aliphatic rings. The third kappa shape index (κ3) is 2.92. The molecule has 60 valence electrons. The van der Waals surface area contributed by atoms with Gasteiger partial charge in [-0.05, 0) is 11.2 Å². The van der Waals surface area contributed by atoms with Crippen LogP contribution in [0.5, 0.6) is 0 Å². The standard InChI is InChI=1S/C3H6ClO4PS/c1-7-3(5)9(4,6)10-8-2/h1-2H3. The van der Waals surface area contributed by atoms with E-state index in [-0.39, 0.29) is 0 Å². The van der Waals surface area contributed by atoms with Gasteiger partial charge < -0.3 is 8.92 Å². The summed E-state index contributed by atoms with van der Waals surface area (Å²) in [5, 5.41) is 0. The van der Waals surface area contributed by atoms with Gasteiger partial charge in [0.2, 0.25) is 0 Å². The van der Waals surface area contributed by atoms with Crippen LogP contribution in [-0.4, -0.2) is 19.9 Å². The molecule has 0 radical (unpaired) electrons. The van der Waals surface area contributed by atoms with Crippen LogP contribution >= 0.6 is 28.6 Å². The summed E-state index contributed by atoms with van der Waals surface area (Å²) in [5.74, 6) is 0. The van der Waals surface area contributed by atoms with Gasteiger partial charge in [-0.3, -0.25) is 4.57 Å². The topological polar surface area (TPSA) is 52.6 Å². The first-order valence-corrected chi connectivity index (χ1v) is 6.11. The minimum atomic E-state index is -3.48. The van der Waals surface area contributed by atoms with Crippen LogP contribution in [0.25, 0.3) is 0 Å². The number of rotatable bonds is 3. The fourth-order valence-electron chi connectivity index (χ4n) is 0.235. The number of carbonyl (C=O) groups excluding carboxylic acids is 1. The quantitative estimate of drug-likeness (QED) is 0.522. The van der Waals surface area contributed by atoms with Crippen LogP contribution in [0.3, 0.4) is 0 Å². The van der Waals surface area contributed by atoms with E-state index in [2.05, 4.69) is 8.92 Å². The van der Waals surface area contributed by atoms with E-state index in [9.17, 15) is 9.36 Å². The Kier molecular flexibility index (Phi) is 4.36. The molecule has 0 aromatic rings. The number of hydrogen-bond donors (Lipinski definition) is 0. The lowest BCUT2D eigenvalue weighted by atomic mass is 11.5. The molecule has 0 saturated carbocycles. The highest BCUT2D eigenvalue weighted by Crippen LogP contribution is 2.64. The third-order valence-corrected chi connectivity index (χ3v) is 3.91. The molecule has 1 unspecified atom stereocenters. The summed E-state index contributed by atoms with van der Waals surface area (Å²) < 4.78 is 19.4. The highest BCUT2D eigenvalue weighted by Gasteiger charge is 2.31. The van der Waals surface area contributed by atoms with Gasteiger partial charge in [-0.2, -0.15) is 0 Å². The van der Waals surface area contributed by atoms with Crippen LogP contribution in [0.1, 0.15) is 0 Å². The minimum Gasteiger partial charge on any atom is -0.462 e. The predicted octanol–water partition coefficient (Wildman–Crippen LogP) is 2.48. The maximum absolute atomic E-state index is 10.9. The number of hydrogen-bond acceptors (Lipinski definition) is 5. The molecule has 0 fully saturated rings. The summed E-state index contributed by atoms with van der Waals surface area (Å²) in [4.78, 5) is 10.5. The zero-order chi connectivity index (χ0) is 8.20. The number of ether oxygens (including phenoxy) is 1. The van der Waals surface area contributed by atoms with Crippen molar-refractivity contribution in [2.75, 3.05) is 14.2 Å². The maximum atomic E-state index is 10.9. The van der Waals surface area contributed by atoms with Crippen molar-refractivity contribution in [1.29, 1.82) is 0 Å². The molecule has 7 heteroatoms. The van der Waals surface area contributed by atoms with Crippen molar-refractivity contribution in [3.63, 3.8) is 0 Å². The van der Waals surface area contributed by atoms with Crippen LogP contribution in [-0.2, 0) is 13.5 Å². The third-order valence-electron chi connectivity index (χ3n) is 0.563. The molecular weight excluding hydrogens is 199 g/mol. The largest absolute Gasteiger partial charge is 0.462 e. The monoisotopic (exact) mass is 204 g/mol. The van der Waals surface area contributed by atoms with Gasteiger partial charge in [-0.25, -0.2) is 4.79 Å².